The summed E-state index contributed by atoms with van der Waals surface area (Å²) in [5.74, 6) is 1.52. The summed E-state index contributed by atoms with van der Waals surface area (Å²) in [6.07, 6.45) is 2.25. The maximum absolute atomic E-state index is 12.2. The number of carbonyl (C=O) groups is 1. The lowest BCUT2D eigenvalue weighted by Gasteiger charge is -2.16. The molecular weight excluding hydrogens is 270 g/mol. The van der Waals surface area contributed by atoms with Crippen LogP contribution in [0.2, 0.25) is 0 Å². The van der Waals surface area contributed by atoms with Crippen LogP contribution in [0.3, 0.4) is 0 Å². The van der Waals surface area contributed by atoms with Crippen LogP contribution in [0.25, 0.3) is 0 Å². The van der Waals surface area contributed by atoms with Crippen molar-refractivity contribution in [3.8, 4) is 5.88 Å². The Hall–Kier alpha value is -2.37. The maximum atomic E-state index is 12.2. The van der Waals surface area contributed by atoms with Gasteiger partial charge in [0.1, 0.15) is 11.9 Å². The first-order valence-electron chi connectivity index (χ1n) is 6.93. The number of rotatable bonds is 3. The average Bonchev–Trinajstić information content (AvgIpc) is 3.07. The molecule has 1 aliphatic rings. The molecule has 0 aliphatic carbocycles. The van der Waals surface area contributed by atoms with Gasteiger partial charge in [0.05, 0.1) is 12.8 Å². The van der Waals surface area contributed by atoms with Crippen LogP contribution in [-0.4, -0.2) is 40.0 Å². The smallest absolute Gasteiger partial charge is 0.289 e. The number of furan rings is 1. The van der Waals surface area contributed by atoms with Crippen molar-refractivity contribution in [2.45, 2.75) is 26.4 Å². The standard InChI is InChI=1S/C15H17N3O3/c1-10-8-14(17-11(2)16-10)21-12-5-6-18(9-12)15(19)13-4-3-7-20-13/h3-4,7-8,12H,5-6,9H2,1-2H3/t12-/m1/s1. The highest BCUT2D eigenvalue weighted by Gasteiger charge is 2.29. The Balaban J connectivity index is 1.63. The molecule has 0 N–H and O–H groups in total. The van der Waals surface area contributed by atoms with Crippen molar-refractivity contribution < 1.29 is 13.9 Å². The van der Waals surface area contributed by atoms with E-state index in [1.807, 2.05) is 19.9 Å². The molecule has 0 aromatic carbocycles. The zero-order valence-electron chi connectivity index (χ0n) is 12.1. The number of carbonyl (C=O) groups excluding carboxylic acids is 1. The van der Waals surface area contributed by atoms with E-state index in [1.165, 1.54) is 6.26 Å². The number of hydrogen-bond acceptors (Lipinski definition) is 5. The first-order chi connectivity index (χ1) is 10.1. The second-order valence-corrected chi connectivity index (χ2v) is 5.15. The molecule has 1 saturated heterocycles. The number of likely N-dealkylation sites (tertiary alicyclic amines) is 1. The molecule has 1 amide bonds. The topological polar surface area (TPSA) is 68.5 Å². The lowest BCUT2D eigenvalue weighted by Crippen LogP contribution is -2.30. The number of aromatic nitrogens is 2. The molecule has 0 bridgehead atoms. The van der Waals surface area contributed by atoms with E-state index in [2.05, 4.69) is 9.97 Å². The lowest BCUT2D eigenvalue weighted by molar-refractivity contribution is 0.0739. The van der Waals surface area contributed by atoms with E-state index < -0.39 is 0 Å². The Morgan fingerprint density at radius 1 is 1.43 bits per heavy atom. The van der Waals surface area contributed by atoms with E-state index in [0.29, 0.717) is 30.6 Å². The second-order valence-electron chi connectivity index (χ2n) is 5.15. The van der Waals surface area contributed by atoms with Crippen LogP contribution in [0.1, 0.15) is 28.5 Å². The zero-order valence-corrected chi connectivity index (χ0v) is 12.1. The Morgan fingerprint density at radius 3 is 3.00 bits per heavy atom. The number of hydrogen-bond donors (Lipinski definition) is 0. The highest BCUT2D eigenvalue weighted by Crippen LogP contribution is 2.19. The van der Waals surface area contributed by atoms with Crippen LogP contribution in [-0.2, 0) is 0 Å². The monoisotopic (exact) mass is 287 g/mol. The number of amides is 1. The van der Waals surface area contributed by atoms with E-state index in [1.54, 1.807) is 17.0 Å². The molecule has 0 radical (unpaired) electrons. The van der Waals surface area contributed by atoms with E-state index in [4.69, 9.17) is 9.15 Å². The van der Waals surface area contributed by atoms with Crippen molar-refractivity contribution in [1.82, 2.24) is 14.9 Å². The van der Waals surface area contributed by atoms with Gasteiger partial charge in [-0.3, -0.25) is 4.79 Å². The van der Waals surface area contributed by atoms with Gasteiger partial charge in [0.25, 0.3) is 5.91 Å². The van der Waals surface area contributed by atoms with Gasteiger partial charge in [0, 0.05) is 24.7 Å². The van der Waals surface area contributed by atoms with Crippen molar-refractivity contribution in [3.05, 3.63) is 41.7 Å². The van der Waals surface area contributed by atoms with Gasteiger partial charge in [-0.15, -0.1) is 0 Å². The third-order valence-electron chi connectivity index (χ3n) is 3.39. The average molecular weight is 287 g/mol. The van der Waals surface area contributed by atoms with Crippen molar-refractivity contribution in [2.24, 2.45) is 0 Å². The third-order valence-corrected chi connectivity index (χ3v) is 3.39. The molecule has 0 unspecified atom stereocenters. The lowest BCUT2D eigenvalue weighted by atomic mass is 10.3. The fourth-order valence-corrected chi connectivity index (χ4v) is 2.48. The van der Waals surface area contributed by atoms with Crippen molar-refractivity contribution in [1.29, 1.82) is 0 Å². The summed E-state index contributed by atoms with van der Waals surface area (Å²) < 4.78 is 11.0. The molecule has 6 nitrogen and oxygen atoms in total. The van der Waals surface area contributed by atoms with Gasteiger partial charge >= 0.3 is 0 Å². The van der Waals surface area contributed by atoms with Crippen molar-refractivity contribution in [3.63, 3.8) is 0 Å². The number of aryl methyl sites for hydroxylation is 2. The third kappa shape index (κ3) is 3.04. The summed E-state index contributed by atoms with van der Waals surface area (Å²) in [4.78, 5) is 22.4. The summed E-state index contributed by atoms with van der Waals surface area (Å²) >= 11 is 0. The van der Waals surface area contributed by atoms with Crippen molar-refractivity contribution in [2.75, 3.05) is 13.1 Å². The Bertz CT molecular complexity index is 619. The fraction of sp³-hybridized carbons (Fsp3) is 0.400. The molecule has 21 heavy (non-hydrogen) atoms. The Morgan fingerprint density at radius 2 is 2.29 bits per heavy atom. The Kier molecular flexibility index (Phi) is 3.60. The highest BCUT2D eigenvalue weighted by molar-refractivity contribution is 5.91. The van der Waals surface area contributed by atoms with E-state index in [-0.39, 0.29) is 12.0 Å². The molecule has 3 rings (SSSR count). The predicted molar refractivity (Wildman–Crippen MR) is 75.2 cm³/mol. The minimum atomic E-state index is -0.0962. The number of nitrogens with zero attached hydrogens (tertiary/aromatic N) is 3. The quantitative estimate of drug-likeness (QED) is 0.863. The van der Waals surface area contributed by atoms with Gasteiger partial charge in [-0.05, 0) is 26.0 Å². The van der Waals surface area contributed by atoms with E-state index in [9.17, 15) is 4.79 Å². The normalized spacial score (nSPS) is 18.0. The van der Waals surface area contributed by atoms with Gasteiger partial charge < -0.3 is 14.1 Å². The molecule has 0 saturated carbocycles. The highest BCUT2D eigenvalue weighted by atomic mass is 16.5. The summed E-state index contributed by atoms with van der Waals surface area (Å²) in [6, 6.07) is 5.20. The second kappa shape index (κ2) is 5.55. The number of ether oxygens (including phenoxy) is 1. The van der Waals surface area contributed by atoms with Gasteiger partial charge in [-0.2, -0.15) is 4.98 Å². The van der Waals surface area contributed by atoms with Gasteiger partial charge in [0.15, 0.2) is 5.76 Å². The first-order valence-corrected chi connectivity index (χ1v) is 6.93. The van der Waals surface area contributed by atoms with Gasteiger partial charge in [-0.1, -0.05) is 0 Å². The summed E-state index contributed by atoms with van der Waals surface area (Å²) in [6.45, 7) is 4.94. The van der Waals surface area contributed by atoms with Crippen LogP contribution in [0.5, 0.6) is 5.88 Å². The van der Waals surface area contributed by atoms with Crippen molar-refractivity contribution >= 4 is 5.91 Å². The van der Waals surface area contributed by atoms with E-state index in [0.717, 1.165) is 12.1 Å². The Labute approximate surface area is 122 Å². The zero-order chi connectivity index (χ0) is 14.8. The predicted octanol–water partition coefficient (Wildman–Crippen LogP) is 1.98. The molecule has 2 aromatic heterocycles. The molecule has 1 aliphatic heterocycles. The summed E-state index contributed by atoms with van der Waals surface area (Å²) in [5.41, 5.74) is 0.874. The molecule has 2 aromatic rings. The maximum Gasteiger partial charge on any atom is 0.289 e. The molecule has 0 spiro atoms. The summed E-state index contributed by atoms with van der Waals surface area (Å²) in [7, 11) is 0. The van der Waals surface area contributed by atoms with Gasteiger partial charge in [0.2, 0.25) is 5.88 Å². The minimum Gasteiger partial charge on any atom is -0.472 e. The minimum absolute atomic E-state index is 0.0439. The molecular formula is C15H17N3O3. The molecule has 3 heterocycles. The van der Waals surface area contributed by atoms with Crippen LogP contribution in [0.15, 0.2) is 28.9 Å². The van der Waals surface area contributed by atoms with Gasteiger partial charge in [-0.25, -0.2) is 4.98 Å². The molecule has 1 atom stereocenters. The van der Waals surface area contributed by atoms with Crippen LogP contribution >= 0.6 is 0 Å². The summed E-state index contributed by atoms with van der Waals surface area (Å²) in [5, 5.41) is 0. The fourth-order valence-electron chi connectivity index (χ4n) is 2.48. The molecule has 6 heteroatoms. The largest absolute Gasteiger partial charge is 0.472 e. The molecule has 110 valence electrons. The first kappa shape index (κ1) is 13.6. The van der Waals surface area contributed by atoms with Crippen LogP contribution < -0.4 is 4.74 Å². The van der Waals surface area contributed by atoms with Crippen LogP contribution in [0, 0.1) is 13.8 Å². The van der Waals surface area contributed by atoms with E-state index >= 15 is 0 Å². The SMILES string of the molecule is Cc1cc(O[C@@H]2CCN(C(=O)c3ccco3)C2)nc(C)n1. The van der Waals surface area contributed by atoms with Crippen LogP contribution in [0.4, 0.5) is 0 Å². The molecule has 1 fully saturated rings.